The Morgan fingerprint density at radius 2 is 1.91 bits per heavy atom. The Labute approximate surface area is 208 Å². The quantitative estimate of drug-likeness (QED) is 0.332. The molecule has 0 bridgehead atoms. The molecular weight excluding hydrogens is 468 g/mol. The molecule has 2 aromatic heterocycles. The molecule has 2 saturated heterocycles. The summed E-state index contributed by atoms with van der Waals surface area (Å²) in [4.78, 5) is 35.0. The van der Waals surface area contributed by atoms with Crippen molar-refractivity contribution in [2.24, 2.45) is 0 Å². The highest BCUT2D eigenvalue weighted by molar-refractivity contribution is 6.46. The highest BCUT2D eigenvalue weighted by Gasteiger charge is 2.46. The standard InChI is InChI=1S/C26H27ClN4O4/c1-16-5-4-8-30-21(17(2)28-25(16)30)23(32)20-22(18-6-3-7-19(27)15-18)31(26(34)24(20)33)10-9-29-11-13-35-14-12-29/h3-8,15,22,32H,9-14H2,1-2H3/b23-20+/t22-/m1/s1. The first-order valence-corrected chi connectivity index (χ1v) is 12.0. The second kappa shape index (κ2) is 9.45. The number of amides is 1. The van der Waals surface area contributed by atoms with Crippen LogP contribution in [0, 0.1) is 13.8 Å². The fourth-order valence-electron chi connectivity index (χ4n) is 4.94. The number of Topliss-reactive ketones (excluding diaryl/α,β-unsaturated/α-hetero) is 1. The molecule has 2 aliphatic heterocycles. The molecule has 1 amide bonds. The molecule has 0 spiro atoms. The fraction of sp³-hybridized carbons (Fsp3) is 0.346. The average molecular weight is 495 g/mol. The fourth-order valence-corrected chi connectivity index (χ4v) is 5.14. The zero-order valence-electron chi connectivity index (χ0n) is 19.7. The molecule has 5 rings (SSSR count). The summed E-state index contributed by atoms with van der Waals surface area (Å²) < 4.78 is 7.18. The molecule has 0 unspecified atom stereocenters. The van der Waals surface area contributed by atoms with Gasteiger partial charge in [-0.2, -0.15) is 0 Å². The van der Waals surface area contributed by atoms with E-state index in [1.165, 1.54) is 0 Å². The van der Waals surface area contributed by atoms with Crippen LogP contribution in [0.1, 0.15) is 28.6 Å². The van der Waals surface area contributed by atoms with Crippen molar-refractivity contribution in [2.45, 2.75) is 19.9 Å². The van der Waals surface area contributed by atoms with Gasteiger partial charge in [0.2, 0.25) is 0 Å². The molecule has 8 nitrogen and oxygen atoms in total. The van der Waals surface area contributed by atoms with E-state index in [2.05, 4.69) is 9.88 Å². The SMILES string of the molecule is Cc1nc2c(C)cccn2c1/C(O)=C1\C(=O)C(=O)N(CCN2CCOCC2)[C@@H]1c1cccc(Cl)c1. The summed E-state index contributed by atoms with van der Waals surface area (Å²) in [6.45, 7) is 7.48. The van der Waals surface area contributed by atoms with Crippen molar-refractivity contribution in [3.05, 3.63) is 75.7 Å². The maximum absolute atomic E-state index is 13.4. The number of imidazole rings is 1. The second-order valence-electron chi connectivity index (χ2n) is 8.93. The van der Waals surface area contributed by atoms with Crippen LogP contribution in [-0.4, -0.2) is 75.4 Å². The Morgan fingerprint density at radius 3 is 2.66 bits per heavy atom. The molecule has 3 aromatic rings. The van der Waals surface area contributed by atoms with E-state index in [1.807, 2.05) is 25.1 Å². The molecule has 0 aliphatic carbocycles. The van der Waals surface area contributed by atoms with E-state index in [1.54, 1.807) is 40.6 Å². The topological polar surface area (TPSA) is 87.4 Å². The number of likely N-dealkylation sites (tertiary alicyclic amines) is 1. The Morgan fingerprint density at radius 1 is 1.14 bits per heavy atom. The van der Waals surface area contributed by atoms with E-state index in [9.17, 15) is 14.7 Å². The van der Waals surface area contributed by atoms with E-state index >= 15 is 0 Å². The molecule has 4 heterocycles. The van der Waals surface area contributed by atoms with Crippen LogP contribution in [-0.2, 0) is 14.3 Å². The van der Waals surface area contributed by atoms with Crippen LogP contribution < -0.4 is 0 Å². The average Bonchev–Trinajstić information content (AvgIpc) is 3.32. The van der Waals surface area contributed by atoms with Gasteiger partial charge >= 0.3 is 0 Å². The number of hydrogen-bond donors (Lipinski definition) is 1. The van der Waals surface area contributed by atoms with Crippen LogP contribution in [0.5, 0.6) is 0 Å². The first-order valence-electron chi connectivity index (χ1n) is 11.7. The van der Waals surface area contributed by atoms with Gasteiger partial charge in [0.15, 0.2) is 5.76 Å². The number of carbonyl (C=O) groups excluding carboxylic acids is 2. The molecule has 1 atom stereocenters. The summed E-state index contributed by atoms with van der Waals surface area (Å²) in [6.07, 6.45) is 1.79. The van der Waals surface area contributed by atoms with Crippen molar-refractivity contribution in [3.63, 3.8) is 0 Å². The monoisotopic (exact) mass is 494 g/mol. The molecule has 35 heavy (non-hydrogen) atoms. The van der Waals surface area contributed by atoms with E-state index < -0.39 is 17.7 Å². The lowest BCUT2D eigenvalue weighted by molar-refractivity contribution is -0.140. The summed E-state index contributed by atoms with van der Waals surface area (Å²) in [5, 5.41) is 12.1. The van der Waals surface area contributed by atoms with Gasteiger partial charge in [0.05, 0.1) is 30.5 Å². The lowest BCUT2D eigenvalue weighted by Crippen LogP contribution is -2.42. The van der Waals surface area contributed by atoms with Crippen LogP contribution in [0.3, 0.4) is 0 Å². The molecule has 0 saturated carbocycles. The van der Waals surface area contributed by atoms with Crippen LogP contribution >= 0.6 is 11.6 Å². The van der Waals surface area contributed by atoms with Crippen molar-refractivity contribution in [1.82, 2.24) is 19.2 Å². The highest BCUT2D eigenvalue weighted by atomic mass is 35.5. The van der Waals surface area contributed by atoms with E-state index in [0.29, 0.717) is 53.9 Å². The number of benzene rings is 1. The number of rotatable bonds is 5. The number of morpholine rings is 1. The van der Waals surface area contributed by atoms with Gasteiger partial charge in [-0.3, -0.25) is 18.9 Å². The number of nitrogens with zero attached hydrogens (tertiary/aromatic N) is 4. The number of aryl methyl sites for hydroxylation is 2. The molecule has 2 fully saturated rings. The van der Waals surface area contributed by atoms with Gasteiger partial charge in [-0.25, -0.2) is 4.98 Å². The smallest absolute Gasteiger partial charge is 0.295 e. The highest BCUT2D eigenvalue weighted by Crippen LogP contribution is 2.40. The van der Waals surface area contributed by atoms with Crippen molar-refractivity contribution < 1.29 is 19.4 Å². The number of pyridine rings is 1. The Hall–Kier alpha value is -3.20. The molecule has 9 heteroatoms. The maximum Gasteiger partial charge on any atom is 0.295 e. The number of aliphatic hydroxyl groups is 1. The van der Waals surface area contributed by atoms with Gasteiger partial charge in [0.25, 0.3) is 11.7 Å². The van der Waals surface area contributed by atoms with Gasteiger partial charge in [0, 0.05) is 37.4 Å². The largest absolute Gasteiger partial charge is 0.505 e. The van der Waals surface area contributed by atoms with Gasteiger partial charge in [-0.15, -0.1) is 0 Å². The number of ketones is 1. The van der Waals surface area contributed by atoms with Crippen molar-refractivity contribution in [2.75, 3.05) is 39.4 Å². The number of ether oxygens (including phenoxy) is 1. The van der Waals surface area contributed by atoms with Crippen LogP contribution in [0.15, 0.2) is 48.2 Å². The van der Waals surface area contributed by atoms with Crippen molar-refractivity contribution in [3.8, 4) is 0 Å². The molecule has 0 radical (unpaired) electrons. The maximum atomic E-state index is 13.4. The third-order valence-electron chi connectivity index (χ3n) is 6.71. The molecule has 1 aromatic carbocycles. The third kappa shape index (κ3) is 4.22. The zero-order chi connectivity index (χ0) is 24.7. The number of halogens is 1. The summed E-state index contributed by atoms with van der Waals surface area (Å²) in [6, 6.07) is 10.1. The molecule has 1 N–H and O–H groups in total. The third-order valence-corrected chi connectivity index (χ3v) is 6.94. The number of carbonyl (C=O) groups is 2. The minimum Gasteiger partial charge on any atom is -0.505 e. The predicted molar refractivity (Wildman–Crippen MR) is 132 cm³/mol. The Kier molecular flexibility index (Phi) is 6.35. The first-order chi connectivity index (χ1) is 16.9. The number of hydrogen-bond acceptors (Lipinski definition) is 6. The molecule has 182 valence electrons. The normalized spacial score (nSPS) is 20.8. The second-order valence-corrected chi connectivity index (χ2v) is 9.37. The summed E-state index contributed by atoms with van der Waals surface area (Å²) in [5.41, 5.74) is 3.32. The summed E-state index contributed by atoms with van der Waals surface area (Å²) in [7, 11) is 0. The first kappa shape index (κ1) is 23.5. The number of aromatic nitrogens is 2. The summed E-state index contributed by atoms with van der Waals surface area (Å²) in [5.74, 6) is -1.58. The lowest BCUT2D eigenvalue weighted by atomic mass is 9.96. The van der Waals surface area contributed by atoms with Gasteiger partial charge in [-0.05, 0) is 43.2 Å². The van der Waals surface area contributed by atoms with E-state index in [4.69, 9.17) is 16.3 Å². The van der Waals surface area contributed by atoms with E-state index in [-0.39, 0.29) is 11.3 Å². The predicted octanol–water partition coefficient (Wildman–Crippen LogP) is 3.36. The molecule has 2 aliphatic rings. The van der Waals surface area contributed by atoms with Gasteiger partial charge in [-0.1, -0.05) is 29.8 Å². The Balaban J connectivity index is 1.63. The number of fused-ring (bicyclic) bond motifs is 1. The Bertz CT molecular complexity index is 1340. The van der Waals surface area contributed by atoms with Gasteiger partial charge in [0.1, 0.15) is 11.3 Å². The summed E-state index contributed by atoms with van der Waals surface area (Å²) >= 11 is 6.29. The minimum absolute atomic E-state index is 0.0469. The van der Waals surface area contributed by atoms with Crippen molar-refractivity contribution >= 4 is 34.7 Å². The lowest BCUT2D eigenvalue weighted by Gasteiger charge is -2.31. The zero-order valence-corrected chi connectivity index (χ0v) is 20.5. The molecular formula is C26H27ClN4O4. The van der Waals surface area contributed by atoms with Crippen LogP contribution in [0.25, 0.3) is 11.4 Å². The van der Waals surface area contributed by atoms with Crippen LogP contribution in [0.2, 0.25) is 5.02 Å². The van der Waals surface area contributed by atoms with Crippen molar-refractivity contribution in [1.29, 1.82) is 0 Å². The minimum atomic E-state index is -0.760. The van der Waals surface area contributed by atoms with E-state index in [0.717, 1.165) is 18.7 Å². The van der Waals surface area contributed by atoms with Gasteiger partial charge < -0.3 is 14.7 Å². The van der Waals surface area contributed by atoms with Crippen LogP contribution in [0.4, 0.5) is 0 Å². The number of aliphatic hydroxyl groups excluding tert-OH is 1.